The van der Waals surface area contributed by atoms with Gasteiger partial charge in [0, 0.05) is 45.7 Å². The van der Waals surface area contributed by atoms with Crippen molar-refractivity contribution in [1.29, 1.82) is 0 Å². The monoisotopic (exact) mass is 413 g/mol. The molecule has 0 spiro atoms. The van der Waals surface area contributed by atoms with Crippen molar-refractivity contribution < 1.29 is 9.53 Å². The van der Waals surface area contributed by atoms with Gasteiger partial charge >= 0.3 is 5.97 Å². The molecule has 0 atom stereocenters. The van der Waals surface area contributed by atoms with Crippen LogP contribution in [0, 0.1) is 0 Å². The zero-order valence-electron chi connectivity index (χ0n) is 18.2. The van der Waals surface area contributed by atoms with Gasteiger partial charge in [-0.1, -0.05) is 36.4 Å². The molecule has 2 aromatic carbocycles. The SMILES string of the molecule is COC(=O)c1cccc2[nH]c(CCCN(C)C)c(-c3cncc(-c4ccccc4)c3)c12. The van der Waals surface area contributed by atoms with Gasteiger partial charge < -0.3 is 14.6 Å². The molecule has 158 valence electrons. The van der Waals surface area contributed by atoms with Crippen LogP contribution in [0.5, 0.6) is 0 Å². The number of aromatic nitrogens is 2. The van der Waals surface area contributed by atoms with Crippen LogP contribution in [0.25, 0.3) is 33.2 Å². The highest BCUT2D eigenvalue weighted by atomic mass is 16.5. The number of hydrogen-bond acceptors (Lipinski definition) is 4. The molecule has 2 aromatic heterocycles. The Morgan fingerprint density at radius 1 is 1.00 bits per heavy atom. The van der Waals surface area contributed by atoms with Crippen LogP contribution in [-0.4, -0.2) is 48.6 Å². The minimum Gasteiger partial charge on any atom is -0.465 e. The number of hydrogen-bond donors (Lipinski definition) is 1. The van der Waals surface area contributed by atoms with Gasteiger partial charge in [0.1, 0.15) is 0 Å². The van der Waals surface area contributed by atoms with E-state index in [-0.39, 0.29) is 5.97 Å². The average molecular weight is 414 g/mol. The van der Waals surface area contributed by atoms with E-state index in [1.54, 1.807) is 0 Å². The van der Waals surface area contributed by atoms with Gasteiger partial charge in [-0.3, -0.25) is 4.98 Å². The summed E-state index contributed by atoms with van der Waals surface area (Å²) in [6.45, 7) is 0.987. The second-order valence-corrected chi connectivity index (χ2v) is 7.93. The van der Waals surface area contributed by atoms with Crippen LogP contribution >= 0.6 is 0 Å². The normalized spacial score (nSPS) is 11.2. The van der Waals surface area contributed by atoms with Crippen LogP contribution < -0.4 is 0 Å². The second kappa shape index (κ2) is 9.14. The largest absolute Gasteiger partial charge is 0.465 e. The number of rotatable bonds is 7. The molecule has 0 aliphatic carbocycles. The molecular formula is C26H27N3O2. The Kier molecular flexibility index (Phi) is 6.14. The first-order valence-corrected chi connectivity index (χ1v) is 10.5. The highest BCUT2D eigenvalue weighted by Crippen LogP contribution is 2.37. The number of aromatic amines is 1. The van der Waals surface area contributed by atoms with Gasteiger partial charge in [-0.25, -0.2) is 4.79 Å². The number of methoxy groups -OCH3 is 1. The smallest absolute Gasteiger partial charge is 0.338 e. The van der Waals surface area contributed by atoms with Crippen molar-refractivity contribution in [2.24, 2.45) is 0 Å². The van der Waals surface area contributed by atoms with E-state index in [0.717, 1.165) is 58.2 Å². The maximum Gasteiger partial charge on any atom is 0.338 e. The zero-order chi connectivity index (χ0) is 21.8. The van der Waals surface area contributed by atoms with Crippen LogP contribution in [0.2, 0.25) is 0 Å². The van der Waals surface area contributed by atoms with Crippen molar-refractivity contribution in [3.63, 3.8) is 0 Å². The third-order valence-corrected chi connectivity index (χ3v) is 5.47. The summed E-state index contributed by atoms with van der Waals surface area (Å²) in [4.78, 5) is 22.8. The van der Waals surface area contributed by atoms with Crippen LogP contribution in [0.3, 0.4) is 0 Å². The molecule has 0 aliphatic heterocycles. The lowest BCUT2D eigenvalue weighted by Gasteiger charge is -2.11. The number of ether oxygens (including phenoxy) is 1. The Balaban J connectivity index is 1.89. The van der Waals surface area contributed by atoms with Crippen molar-refractivity contribution in [1.82, 2.24) is 14.9 Å². The van der Waals surface area contributed by atoms with Crippen LogP contribution in [0.4, 0.5) is 0 Å². The molecule has 31 heavy (non-hydrogen) atoms. The minimum absolute atomic E-state index is 0.335. The Bertz CT molecular complexity index is 1200. The molecular weight excluding hydrogens is 386 g/mol. The number of fused-ring (bicyclic) bond motifs is 1. The van der Waals surface area contributed by atoms with Gasteiger partial charge in [-0.2, -0.15) is 0 Å². The molecule has 1 N–H and O–H groups in total. The van der Waals surface area contributed by atoms with E-state index >= 15 is 0 Å². The summed E-state index contributed by atoms with van der Waals surface area (Å²) in [5, 5.41) is 0.890. The van der Waals surface area contributed by atoms with E-state index in [2.05, 4.69) is 47.2 Å². The van der Waals surface area contributed by atoms with Gasteiger partial charge in [0.05, 0.1) is 12.7 Å². The zero-order valence-corrected chi connectivity index (χ0v) is 18.2. The molecule has 0 unspecified atom stereocenters. The number of esters is 1. The number of aryl methyl sites for hydroxylation is 1. The number of H-pyrrole nitrogens is 1. The Morgan fingerprint density at radius 2 is 1.77 bits per heavy atom. The van der Waals surface area contributed by atoms with Crippen molar-refractivity contribution >= 4 is 16.9 Å². The minimum atomic E-state index is -0.335. The highest BCUT2D eigenvalue weighted by molar-refractivity contribution is 6.11. The molecule has 5 nitrogen and oxygen atoms in total. The molecule has 4 rings (SSSR count). The summed E-state index contributed by atoms with van der Waals surface area (Å²) < 4.78 is 5.08. The summed E-state index contributed by atoms with van der Waals surface area (Å²) in [5.41, 5.74) is 6.78. The lowest BCUT2D eigenvalue weighted by Crippen LogP contribution is -2.13. The molecule has 0 saturated carbocycles. The maximum atomic E-state index is 12.6. The van der Waals surface area contributed by atoms with E-state index in [9.17, 15) is 4.79 Å². The van der Waals surface area contributed by atoms with E-state index < -0.39 is 0 Å². The van der Waals surface area contributed by atoms with Gasteiger partial charge in [0.15, 0.2) is 0 Å². The summed E-state index contributed by atoms with van der Waals surface area (Å²) in [6, 6.07) is 18.1. The lowest BCUT2D eigenvalue weighted by atomic mass is 9.96. The molecule has 0 radical (unpaired) electrons. The van der Waals surface area contributed by atoms with Crippen molar-refractivity contribution in [2.45, 2.75) is 12.8 Å². The third-order valence-electron chi connectivity index (χ3n) is 5.47. The average Bonchev–Trinajstić information content (AvgIpc) is 3.17. The fraction of sp³-hybridized carbons (Fsp3) is 0.231. The van der Waals surface area contributed by atoms with E-state index in [1.807, 2.05) is 48.8 Å². The van der Waals surface area contributed by atoms with E-state index in [4.69, 9.17) is 4.74 Å². The molecule has 0 saturated heterocycles. The number of pyridine rings is 1. The molecule has 0 bridgehead atoms. The Labute approximate surface area is 182 Å². The Hall–Kier alpha value is -3.44. The lowest BCUT2D eigenvalue weighted by molar-refractivity contribution is 0.0603. The van der Waals surface area contributed by atoms with E-state index in [1.165, 1.54) is 7.11 Å². The molecule has 4 aromatic rings. The van der Waals surface area contributed by atoms with Crippen LogP contribution in [-0.2, 0) is 11.2 Å². The van der Waals surface area contributed by atoms with Crippen molar-refractivity contribution in [2.75, 3.05) is 27.7 Å². The van der Waals surface area contributed by atoms with Gasteiger partial charge in [0.25, 0.3) is 0 Å². The topological polar surface area (TPSA) is 58.2 Å². The Morgan fingerprint density at radius 3 is 2.52 bits per heavy atom. The molecule has 2 heterocycles. The first-order chi connectivity index (χ1) is 15.1. The molecule has 0 aliphatic rings. The van der Waals surface area contributed by atoms with Crippen LogP contribution in [0.15, 0.2) is 67.0 Å². The summed E-state index contributed by atoms with van der Waals surface area (Å²) in [6.07, 6.45) is 5.63. The number of nitrogens with zero attached hydrogens (tertiary/aromatic N) is 2. The van der Waals surface area contributed by atoms with Crippen LogP contribution in [0.1, 0.15) is 22.5 Å². The highest BCUT2D eigenvalue weighted by Gasteiger charge is 2.20. The first-order valence-electron chi connectivity index (χ1n) is 10.5. The first kappa shape index (κ1) is 20.8. The predicted molar refractivity (Wildman–Crippen MR) is 125 cm³/mol. The molecule has 5 heteroatoms. The molecule has 0 amide bonds. The number of carbonyl (C=O) groups excluding carboxylic acids is 1. The fourth-order valence-corrected chi connectivity index (χ4v) is 4.03. The summed E-state index contributed by atoms with van der Waals surface area (Å²) in [7, 11) is 5.58. The maximum absolute atomic E-state index is 12.6. The fourth-order valence-electron chi connectivity index (χ4n) is 4.03. The molecule has 0 fully saturated rings. The summed E-state index contributed by atoms with van der Waals surface area (Å²) >= 11 is 0. The van der Waals surface area contributed by atoms with Gasteiger partial charge in [0.2, 0.25) is 0 Å². The quantitative estimate of drug-likeness (QED) is 0.424. The van der Waals surface area contributed by atoms with E-state index in [0.29, 0.717) is 5.56 Å². The van der Waals surface area contributed by atoms with Gasteiger partial charge in [-0.15, -0.1) is 0 Å². The van der Waals surface area contributed by atoms with Crippen molar-refractivity contribution in [3.8, 4) is 22.3 Å². The number of carbonyl (C=O) groups is 1. The van der Waals surface area contributed by atoms with Crippen molar-refractivity contribution in [3.05, 3.63) is 78.2 Å². The third kappa shape index (κ3) is 4.37. The predicted octanol–water partition coefficient (Wildman–Crippen LogP) is 5.18. The van der Waals surface area contributed by atoms with Gasteiger partial charge in [-0.05, 0) is 57.2 Å². The summed E-state index contributed by atoms with van der Waals surface area (Å²) in [5.74, 6) is -0.335. The second-order valence-electron chi connectivity index (χ2n) is 7.93. The number of nitrogens with one attached hydrogen (secondary N) is 1. The standard InChI is InChI=1S/C26H27N3O2/c1-29(2)14-8-13-22-24(25-21(26(30)31-3)11-7-12-23(25)28-22)20-15-19(16-27-17-20)18-9-5-4-6-10-18/h4-7,9-12,15-17,28H,8,13-14H2,1-3H3. The number of benzene rings is 2.